The molecule has 1 amide bonds. The molecule has 0 spiro atoms. The maximum atomic E-state index is 15.3. The second-order valence-corrected chi connectivity index (χ2v) is 10.3. The third-order valence-corrected chi connectivity index (χ3v) is 7.03. The highest BCUT2D eigenvalue weighted by Crippen LogP contribution is 2.41. The number of halogens is 1. The summed E-state index contributed by atoms with van der Waals surface area (Å²) in [5, 5.41) is 13.9. The van der Waals surface area contributed by atoms with Crippen LogP contribution in [-0.2, 0) is 6.42 Å². The average Bonchev–Trinajstić information content (AvgIpc) is 3.07. The minimum Gasteiger partial charge on any atom is -0.393 e. The number of aromatic nitrogens is 2. The van der Waals surface area contributed by atoms with E-state index in [0.717, 1.165) is 11.1 Å². The van der Waals surface area contributed by atoms with Crippen LogP contribution in [0.2, 0.25) is 0 Å². The summed E-state index contributed by atoms with van der Waals surface area (Å²) in [5.74, 6) is -1.52. The van der Waals surface area contributed by atoms with Gasteiger partial charge < -0.3 is 16.2 Å². The van der Waals surface area contributed by atoms with E-state index in [0.29, 0.717) is 61.1 Å². The second-order valence-electron chi connectivity index (χ2n) is 10.3. The number of amides is 1. The highest BCUT2D eigenvalue weighted by Gasteiger charge is 2.36. The lowest BCUT2D eigenvalue weighted by molar-refractivity contribution is 0.0911. The molecule has 5 rings (SSSR count). The molecule has 2 heterocycles. The van der Waals surface area contributed by atoms with Crippen molar-refractivity contribution in [1.82, 2.24) is 9.55 Å². The monoisotopic (exact) mass is 464 g/mol. The molecule has 2 aliphatic carbocycles. The molecule has 0 aliphatic heterocycles. The topological polar surface area (TPSA) is 110 Å². The van der Waals surface area contributed by atoms with Gasteiger partial charge in [-0.2, -0.15) is 0 Å². The summed E-state index contributed by atoms with van der Waals surface area (Å²) in [5.41, 5.74) is 7.92. The summed E-state index contributed by atoms with van der Waals surface area (Å²) in [6.45, 7) is 4.09. The quantitative estimate of drug-likeness (QED) is 0.538. The van der Waals surface area contributed by atoms with Gasteiger partial charge in [-0.15, -0.1) is 0 Å². The maximum absolute atomic E-state index is 15.3. The van der Waals surface area contributed by atoms with Gasteiger partial charge in [-0.1, -0.05) is 13.8 Å². The number of nitrogens with two attached hydrogens (primary N) is 1. The van der Waals surface area contributed by atoms with E-state index in [-0.39, 0.29) is 28.9 Å². The highest BCUT2D eigenvalue weighted by molar-refractivity contribution is 6.10. The van der Waals surface area contributed by atoms with Crippen molar-refractivity contribution in [2.75, 3.05) is 5.32 Å². The summed E-state index contributed by atoms with van der Waals surface area (Å²) in [6.07, 6.45) is 5.08. The van der Waals surface area contributed by atoms with Crippen LogP contribution in [0.15, 0.2) is 30.5 Å². The number of carbonyl (C=O) groups is 2. The summed E-state index contributed by atoms with van der Waals surface area (Å²) >= 11 is 0. The summed E-state index contributed by atoms with van der Waals surface area (Å²) in [4.78, 5) is 29.8. The van der Waals surface area contributed by atoms with Crippen molar-refractivity contribution in [3.05, 3.63) is 53.1 Å². The van der Waals surface area contributed by atoms with Crippen molar-refractivity contribution in [2.24, 2.45) is 11.1 Å². The van der Waals surface area contributed by atoms with Gasteiger partial charge in [0.1, 0.15) is 11.5 Å². The Labute approximate surface area is 197 Å². The van der Waals surface area contributed by atoms with E-state index in [1.165, 1.54) is 6.07 Å². The van der Waals surface area contributed by atoms with Gasteiger partial charge in [0.05, 0.1) is 23.0 Å². The number of benzene rings is 1. The number of Topliss-reactive ketones (excluding diaryl/α,β-unsaturated/α-hetero) is 1. The zero-order valence-corrected chi connectivity index (χ0v) is 19.4. The minimum atomic E-state index is -0.851. The van der Waals surface area contributed by atoms with Gasteiger partial charge in [-0.3, -0.25) is 14.2 Å². The number of rotatable bonds is 4. The van der Waals surface area contributed by atoms with E-state index in [9.17, 15) is 14.7 Å². The van der Waals surface area contributed by atoms with Crippen molar-refractivity contribution in [3.8, 4) is 5.69 Å². The molecule has 1 aromatic carbocycles. The second kappa shape index (κ2) is 8.20. The molecule has 34 heavy (non-hydrogen) atoms. The van der Waals surface area contributed by atoms with Gasteiger partial charge in [-0.25, -0.2) is 9.37 Å². The van der Waals surface area contributed by atoms with Crippen LogP contribution in [0.4, 0.5) is 10.1 Å². The third-order valence-electron chi connectivity index (χ3n) is 7.03. The van der Waals surface area contributed by atoms with Gasteiger partial charge in [0, 0.05) is 35.3 Å². The van der Waals surface area contributed by atoms with Gasteiger partial charge in [0.25, 0.3) is 5.91 Å². The lowest BCUT2D eigenvalue weighted by Crippen LogP contribution is -2.30. The Morgan fingerprint density at radius 2 is 1.97 bits per heavy atom. The van der Waals surface area contributed by atoms with Gasteiger partial charge in [0.2, 0.25) is 0 Å². The smallest absolute Gasteiger partial charge is 0.253 e. The first-order chi connectivity index (χ1) is 16.1. The normalized spacial score (nSPS) is 21.9. The Morgan fingerprint density at radius 1 is 1.24 bits per heavy atom. The minimum absolute atomic E-state index is 0.00916. The molecular formula is C26H29FN4O3. The van der Waals surface area contributed by atoms with Crippen LogP contribution in [0.3, 0.4) is 0 Å². The van der Waals surface area contributed by atoms with Gasteiger partial charge in [0.15, 0.2) is 5.78 Å². The van der Waals surface area contributed by atoms with Crippen LogP contribution in [0.1, 0.15) is 72.4 Å². The fourth-order valence-corrected chi connectivity index (χ4v) is 5.49. The summed E-state index contributed by atoms with van der Waals surface area (Å²) in [7, 11) is 0. The van der Waals surface area contributed by atoms with Crippen molar-refractivity contribution in [3.63, 3.8) is 0 Å². The molecule has 2 aliphatic rings. The number of aliphatic hydroxyl groups excluding tert-OH is 1. The van der Waals surface area contributed by atoms with E-state index in [2.05, 4.69) is 10.3 Å². The lowest BCUT2D eigenvalue weighted by atomic mass is 9.75. The fourth-order valence-electron chi connectivity index (χ4n) is 5.49. The number of hydrogen-bond donors (Lipinski definition) is 3. The molecule has 0 bridgehead atoms. The molecule has 4 N–H and O–H groups in total. The molecule has 0 saturated heterocycles. The predicted molar refractivity (Wildman–Crippen MR) is 128 cm³/mol. The zero-order valence-electron chi connectivity index (χ0n) is 19.4. The van der Waals surface area contributed by atoms with Crippen LogP contribution in [0.25, 0.3) is 16.7 Å². The Morgan fingerprint density at radius 3 is 2.68 bits per heavy atom. The van der Waals surface area contributed by atoms with E-state index in [4.69, 9.17) is 5.73 Å². The molecule has 178 valence electrons. The van der Waals surface area contributed by atoms with Gasteiger partial charge >= 0.3 is 0 Å². The van der Waals surface area contributed by atoms with Crippen molar-refractivity contribution < 1.29 is 19.1 Å². The zero-order chi connectivity index (χ0) is 24.2. The van der Waals surface area contributed by atoms with Crippen LogP contribution in [0.5, 0.6) is 0 Å². The van der Waals surface area contributed by atoms with Crippen molar-refractivity contribution in [2.45, 2.75) is 64.5 Å². The predicted octanol–water partition coefficient (Wildman–Crippen LogP) is 4.13. The van der Waals surface area contributed by atoms with E-state index < -0.39 is 11.7 Å². The first kappa shape index (κ1) is 22.5. The number of primary amides is 1. The molecule has 8 heteroatoms. The van der Waals surface area contributed by atoms with Crippen LogP contribution in [0, 0.1) is 11.2 Å². The molecule has 1 fully saturated rings. The first-order valence-corrected chi connectivity index (χ1v) is 11.7. The number of hydrogen-bond acceptors (Lipinski definition) is 5. The fraction of sp³-hybridized carbons (Fsp3) is 0.423. The van der Waals surface area contributed by atoms with Crippen LogP contribution >= 0.6 is 0 Å². The molecule has 1 saturated carbocycles. The third kappa shape index (κ3) is 3.86. The number of nitrogens with zero attached hydrogens (tertiary/aromatic N) is 2. The molecule has 7 nitrogen and oxygen atoms in total. The number of fused-ring (bicyclic) bond motifs is 3. The average molecular weight is 465 g/mol. The summed E-state index contributed by atoms with van der Waals surface area (Å²) < 4.78 is 17.2. The van der Waals surface area contributed by atoms with Crippen molar-refractivity contribution >= 4 is 28.4 Å². The largest absolute Gasteiger partial charge is 0.393 e. The standard InChI is InChI=1S/C26H29FN4O3/c1-26(2)12-20-22(21(33)13-26)17-4-3-9-29-25(17)31(20)15-10-18(27)23(24(28)34)19(11-15)30-14-5-7-16(32)8-6-14/h3-4,9-11,14,16,30,32H,5-8,12-13H2,1-2H3,(H2,28,34)/t14-,16-. The number of pyridine rings is 1. The number of carbonyl (C=O) groups excluding carboxylic acids is 2. The molecule has 0 unspecified atom stereocenters. The number of nitrogens with one attached hydrogen (secondary N) is 1. The Kier molecular flexibility index (Phi) is 5.43. The molecule has 3 aromatic rings. The first-order valence-electron chi connectivity index (χ1n) is 11.7. The summed E-state index contributed by atoms with van der Waals surface area (Å²) in [6, 6.07) is 6.66. The number of aliphatic hydroxyl groups is 1. The maximum Gasteiger partial charge on any atom is 0.253 e. The molecular weight excluding hydrogens is 435 g/mol. The SMILES string of the molecule is CC1(C)CC(=O)c2c(n(-c3cc(F)c(C(N)=O)c(N[C@H]4CC[C@H](O)CC4)c3)c3ncccc23)C1. The van der Waals surface area contributed by atoms with E-state index in [1.54, 1.807) is 18.3 Å². The van der Waals surface area contributed by atoms with E-state index >= 15 is 4.39 Å². The van der Waals surface area contributed by atoms with Crippen LogP contribution < -0.4 is 11.1 Å². The Hall–Kier alpha value is -3.26. The molecule has 0 atom stereocenters. The Bertz CT molecular complexity index is 1310. The highest BCUT2D eigenvalue weighted by atomic mass is 19.1. The number of anilines is 1. The lowest BCUT2D eigenvalue weighted by Gasteiger charge is -2.30. The van der Waals surface area contributed by atoms with Crippen molar-refractivity contribution in [1.29, 1.82) is 0 Å². The van der Waals surface area contributed by atoms with Gasteiger partial charge in [-0.05, 0) is 61.8 Å². The molecule has 2 aromatic heterocycles. The Balaban J connectivity index is 1.69. The molecule has 0 radical (unpaired) electrons. The number of ketones is 1. The van der Waals surface area contributed by atoms with E-state index in [1.807, 2.05) is 24.5 Å². The van der Waals surface area contributed by atoms with Crippen LogP contribution in [-0.4, -0.2) is 38.5 Å².